The fraction of sp³-hybridized carbons (Fsp3) is 0.733. The van der Waals surface area contributed by atoms with Gasteiger partial charge in [0.25, 0.3) is 0 Å². The number of nitrogens with one attached hydrogen (secondary N) is 1. The van der Waals surface area contributed by atoms with E-state index in [0.717, 1.165) is 12.2 Å². The van der Waals surface area contributed by atoms with Crippen LogP contribution in [0.2, 0.25) is 0 Å². The van der Waals surface area contributed by atoms with Crippen LogP contribution in [0, 0.1) is 5.92 Å². The predicted octanol–water partition coefficient (Wildman–Crippen LogP) is 1.87. The lowest BCUT2D eigenvalue weighted by Gasteiger charge is -2.30. The molecule has 0 aromatic carbocycles. The Morgan fingerprint density at radius 3 is 2.82 bits per heavy atom. The topological polar surface area (TPSA) is 77.8 Å². The molecule has 2 rings (SSSR count). The fourth-order valence-electron chi connectivity index (χ4n) is 2.72. The van der Waals surface area contributed by atoms with Crippen molar-refractivity contribution < 1.29 is 22.3 Å². The van der Waals surface area contributed by atoms with E-state index in [-0.39, 0.29) is 12.5 Å². The molecule has 0 spiro atoms. The van der Waals surface area contributed by atoms with E-state index in [0.29, 0.717) is 25.4 Å². The highest BCUT2D eigenvalue weighted by molar-refractivity contribution is 7.90. The van der Waals surface area contributed by atoms with Gasteiger partial charge in [0.1, 0.15) is 17.6 Å². The van der Waals surface area contributed by atoms with Crippen LogP contribution < -0.4 is 4.72 Å². The van der Waals surface area contributed by atoms with Crippen LogP contribution in [0.3, 0.4) is 0 Å². The number of hydrogen-bond donors (Lipinski definition) is 1. The molecule has 1 fully saturated rings. The van der Waals surface area contributed by atoms with Gasteiger partial charge in [-0.25, -0.2) is 13.1 Å². The Kier molecular flexibility index (Phi) is 6.02. The molecule has 3 atom stereocenters. The molecule has 0 aliphatic carbocycles. The zero-order valence-corrected chi connectivity index (χ0v) is 14.2. The summed E-state index contributed by atoms with van der Waals surface area (Å²) in [5, 5.41) is -0.443. The second kappa shape index (κ2) is 7.59. The maximum absolute atomic E-state index is 12.7. The average molecular weight is 331 g/mol. The van der Waals surface area contributed by atoms with Crippen LogP contribution in [-0.2, 0) is 25.9 Å². The third kappa shape index (κ3) is 4.10. The van der Waals surface area contributed by atoms with Crippen molar-refractivity contribution in [3.05, 3.63) is 23.7 Å². The number of hydrogen-bond acceptors (Lipinski definition) is 5. The van der Waals surface area contributed by atoms with Crippen molar-refractivity contribution in [3.63, 3.8) is 0 Å². The van der Waals surface area contributed by atoms with Gasteiger partial charge in [-0.2, -0.15) is 0 Å². The highest BCUT2D eigenvalue weighted by Gasteiger charge is 2.35. The Bertz CT molecular complexity index is 568. The Morgan fingerprint density at radius 1 is 1.45 bits per heavy atom. The first-order chi connectivity index (χ1) is 10.5. The number of furan rings is 1. The summed E-state index contributed by atoms with van der Waals surface area (Å²) in [6.45, 7) is 5.07. The van der Waals surface area contributed by atoms with Gasteiger partial charge >= 0.3 is 0 Å². The molecule has 22 heavy (non-hydrogen) atoms. The van der Waals surface area contributed by atoms with Crippen molar-refractivity contribution >= 4 is 10.0 Å². The summed E-state index contributed by atoms with van der Waals surface area (Å²) >= 11 is 0. The second-order valence-corrected chi connectivity index (χ2v) is 7.64. The largest absolute Gasteiger partial charge is 0.464 e. The van der Waals surface area contributed by atoms with Crippen molar-refractivity contribution in [2.24, 2.45) is 5.92 Å². The summed E-state index contributed by atoms with van der Waals surface area (Å²) in [6, 6.07) is 3.16. The van der Waals surface area contributed by atoms with E-state index < -0.39 is 21.3 Å². The third-order valence-electron chi connectivity index (χ3n) is 3.97. The number of methoxy groups -OCH3 is 1. The van der Waals surface area contributed by atoms with E-state index in [1.54, 1.807) is 13.2 Å². The summed E-state index contributed by atoms with van der Waals surface area (Å²) in [4.78, 5) is 0. The third-order valence-corrected chi connectivity index (χ3v) is 6.09. The Balaban J connectivity index is 2.15. The normalized spacial score (nSPS) is 24.3. The van der Waals surface area contributed by atoms with E-state index in [1.807, 2.05) is 19.9 Å². The Labute approximate surface area is 132 Å². The van der Waals surface area contributed by atoms with Crippen LogP contribution in [0.1, 0.15) is 37.8 Å². The van der Waals surface area contributed by atoms with Gasteiger partial charge in [-0.05, 0) is 24.5 Å². The molecule has 6 nitrogen and oxygen atoms in total. The maximum atomic E-state index is 12.7. The molecule has 1 aromatic heterocycles. The zero-order chi connectivity index (χ0) is 16.2. The Hall–Kier alpha value is -0.890. The van der Waals surface area contributed by atoms with Crippen LogP contribution in [0.4, 0.5) is 0 Å². The molecule has 2 heterocycles. The fourth-order valence-corrected chi connectivity index (χ4v) is 4.57. The molecule has 1 aliphatic heterocycles. The quantitative estimate of drug-likeness (QED) is 0.825. The smallest absolute Gasteiger partial charge is 0.215 e. The van der Waals surface area contributed by atoms with Crippen LogP contribution in [0.25, 0.3) is 0 Å². The number of aryl methyl sites for hydroxylation is 1. The van der Waals surface area contributed by atoms with Crippen LogP contribution >= 0.6 is 0 Å². The van der Waals surface area contributed by atoms with E-state index in [9.17, 15) is 8.42 Å². The Morgan fingerprint density at radius 2 is 2.23 bits per heavy atom. The summed E-state index contributed by atoms with van der Waals surface area (Å²) in [7, 11) is -1.93. The van der Waals surface area contributed by atoms with Crippen LogP contribution in [0.5, 0.6) is 0 Å². The summed E-state index contributed by atoms with van der Waals surface area (Å²) < 4.78 is 44.2. The highest BCUT2D eigenvalue weighted by Crippen LogP contribution is 2.24. The van der Waals surface area contributed by atoms with E-state index in [4.69, 9.17) is 13.9 Å². The van der Waals surface area contributed by atoms with Gasteiger partial charge in [0.2, 0.25) is 10.0 Å². The van der Waals surface area contributed by atoms with Gasteiger partial charge in [0, 0.05) is 20.1 Å². The minimum Gasteiger partial charge on any atom is -0.464 e. The maximum Gasteiger partial charge on any atom is 0.215 e. The second-order valence-electron chi connectivity index (χ2n) is 5.71. The number of rotatable bonds is 7. The molecular formula is C15H25NO5S. The van der Waals surface area contributed by atoms with Crippen molar-refractivity contribution in [1.82, 2.24) is 4.72 Å². The average Bonchev–Trinajstić information content (AvgIpc) is 2.96. The molecule has 1 aromatic rings. The number of ether oxygens (including phenoxy) is 2. The summed E-state index contributed by atoms with van der Waals surface area (Å²) in [5.41, 5.74) is 0. The first kappa shape index (κ1) is 17.5. The minimum atomic E-state index is -3.47. The van der Waals surface area contributed by atoms with E-state index in [1.165, 1.54) is 0 Å². The molecule has 126 valence electrons. The van der Waals surface area contributed by atoms with Gasteiger partial charge in [-0.3, -0.25) is 0 Å². The highest BCUT2D eigenvalue weighted by atomic mass is 32.2. The monoisotopic (exact) mass is 331 g/mol. The van der Waals surface area contributed by atoms with Gasteiger partial charge in [-0.15, -0.1) is 0 Å². The van der Waals surface area contributed by atoms with Gasteiger partial charge in [0.05, 0.1) is 18.5 Å². The van der Waals surface area contributed by atoms with Crippen molar-refractivity contribution in [2.45, 2.75) is 38.0 Å². The molecule has 3 unspecified atom stereocenters. The molecule has 1 aliphatic rings. The van der Waals surface area contributed by atoms with E-state index in [2.05, 4.69) is 4.72 Å². The molecule has 0 amide bonds. The minimum absolute atomic E-state index is 0.0303. The van der Waals surface area contributed by atoms with Crippen LogP contribution in [0.15, 0.2) is 16.5 Å². The van der Waals surface area contributed by atoms with Crippen molar-refractivity contribution in [1.29, 1.82) is 0 Å². The molecule has 0 radical (unpaired) electrons. The lowest BCUT2D eigenvalue weighted by Crippen LogP contribution is -2.44. The molecule has 1 saturated heterocycles. The lowest BCUT2D eigenvalue weighted by molar-refractivity contribution is 0.0632. The molecule has 0 saturated carbocycles. The van der Waals surface area contributed by atoms with Gasteiger partial charge < -0.3 is 13.9 Å². The number of sulfonamides is 1. The van der Waals surface area contributed by atoms with Crippen LogP contribution in [-0.4, -0.2) is 40.6 Å². The zero-order valence-electron chi connectivity index (χ0n) is 13.4. The lowest BCUT2D eigenvalue weighted by atomic mass is 10.0. The van der Waals surface area contributed by atoms with E-state index >= 15 is 0 Å². The molecule has 1 N–H and O–H groups in total. The molecule has 7 heteroatoms. The standard InChI is InChI=1S/C15H25NO5S/c1-4-12-5-6-14(21-12)13(10-19-3)16-22(17,18)15-7-8-20-9-11(15)2/h5-6,11,13,15-16H,4,7-10H2,1-3H3. The first-order valence-corrected chi connectivity index (χ1v) is 9.19. The molecule has 0 bridgehead atoms. The summed E-state index contributed by atoms with van der Waals surface area (Å²) in [6.07, 6.45) is 1.28. The SMILES string of the molecule is CCc1ccc(C(COC)NS(=O)(=O)C2CCOCC2C)o1. The van der Waals surface area contributed by atoms with Crippen molar-refractivity contribution in [2.75, 3.05) is 26.9 Å². The molecular weight excluding hydrogens is 306 g/mol. The predicted molar refractivity (Wildman–Crippen MR) is 83.1 cm³/mol. The van der Waals surface area contributed by atoms with Gasteiger partial charge in [-0.1, -0.05) is 13.8 Å². The van der Waals surface area contributed by atoms with Crippen molar-refractivity contribution in [3.8, 4) is 0 Å². The summed E-state index contributed by atoms with van der Waals surface area (Å²) in [5.74, 6) is 1.38. The van der Waals surface area contributed by atoms with Gasteiger partial charge in [0.15, 0.2) is 0 Å². The first-order valence-electron chi connectivity index (χ1n) is 7.64.